The topological polar surface area (TPSA) is 215 Å². The van der Waals surface area contributed by atoms with Crippen LogP contribution in [0.1, 0.15) is 32.0 Å². The smallest absolute Gasteiger partial charge is 0.326 e. The molecule has 0 saturated carbocycles. The Bertz CT molecular complexity index is 1290. The van der Waals surface area contributed by atoms with Crippen molar-refractivity contribution in [3.63, 3.8) is 0 Å². The van der Waals surface area contributed by atoms with Gasteiger partial charge < -0.3 is 41.9 Å². The summed E-state index contributed by atoms with van der Waals surface area (Å²) in [5, 5.41) is 27.9. The van der Waals surface area contributed by atoms with Crippen LogP contribution in [0, 0.1) is 5.92 Å². The molecule has 3 rings (SSSR count). The molecule has 0 aliphatic carbocycles. The van der Waals surface area contributed by atoms with Gasteiger partial charge in [-0.1, -0.05) is 32.0 Å². The molecule has 3 aromatic rings. The zero-order chi connectivity index (χ0) is 28.7. The molecule has 13 nitrogen and oxygen atoms in total. The van der Waals surface area contributed by atoms with Crippen molar-refractivity contribution < 1.29 is 29.4 Å². The third-order valence-electron chi connectivity index (χ3n) is 6.40. The summed E-state index contributed by atoms with van der Waals surface area (Å²) in [4.78, 5) is 61.1. The number of hydrogen-bond donors (Lipinski definition) is 8. The minimum Gasteiger partial charge on any atom is -0.480 e. The largest absolute Gasteiger partial charge is 0.480 e. The molecule has 39 heavy (non-hydrogen) atoms. The summed E-state index contributed by atoms with van der Waals surface area (Å²) in [6, 6.07) is 2.62. The molecule has 0 bridgehead atoms. The van der Waals surface area contributed by atoms with Gasteiger partial charge in [-0.2, -0.15) is 0 Å². The van der Waals surface area contributed by atoms with Crippen molar-refractivity contribution in [3.8, 4) is 0 Å². The number of aromatic nitrogens is 3. The van der Waals surface area contributed by atoms with Gasteiger partial charge >= 0.3 is 5.97 Å². The number of carboxylic acids is 1. The Morgan fingerprint density at radius 3 is 2.21 bits per heavy atom. The van der Waals surface area contributed by atoms with E-state index < -0.39 is 59.9 Å². The van der Waals surface area contributed by atoms with Gasteiger partial charge in [0.25, 0.3) is 0 Å². The maximum Gasteiger partial charge on any atom is 0.326 e. The number of hydrogen-bond acceptors (Lipinski definition) is 7. The fourth-order valence-corrected chi connectivity index (χ4v) is 4.08. The summed E-state index contributed by atoms with van der Waals surface area (Å²) in [5.41, 5.74) is 7.84. The quantitative estimate of drug-likeness (QED) is 0.142. The van der Waals surface area contributed by atoms with Crippen LogP contribution in [0.2, 0.25) is 0 Å². The zero-order valence-corrected chi connectivity index (χ0v) is 22.0. The fraction of sp³-hybridized carbons (Fsp3) is 0.423. The second kappa shape index (κ2) is 13.0. The number of nitrogens with two attached hydrogens (primary N) is 1. The summed E-state index contributed by atoms with van der Waals surface area (Å²) >= 11 is 0. The summed E-state index contributed by atoms with van der Waals surface area (Å²) in [6.45, 7) is 4.67. The molecule has 9 N–H and O–H groups in total. The van der Waals surface area contributed by atoms with Gasteiger partial charge in [-0.25, -0.2) is 9.78 Å². The molecule has 0 aliphatic heterocycles. The van der Waals surface area contributed by atoms with Gasteiger partial charge in [-0.3, -0.25) is 14.4 Å². The molecule has 0 spiro atoms. The molecule has 5 atom stereocenters. The predicted molar refractivity (Wildman–Crippen MR) is 142 cm³/mol. The third-order valence-corrected chi connectivity index (χ3v) is 6.40. The highest BCUT2D eigenvalue weighted by molar-refractivity contribution is 5.95. The number of rotatable bonds is 13. The van der Waals surface area contributed by atoms with Crippen molar-refractivity contribution >= 4 is 34.6 Å². The Balaban J connectivity index is 1.89. The van der Waals surface area contributed by atoms with Gasteiger partial charge in [-0.15, -0.1) is 0 Å². The molecule has 0 radical (unpaired) electrons. The van der Waals surface area contributed by atoms with E-state index in [4.69, 9.17) is 5.73 Å². The number of aliphatic carboxylic acids is 1. The number of aliphatic hydroxyl groups is 1. The van der Waals surface area contributed by atoms with E-state index in [1.54, 1.807) is 20.0 Å². The minimum atomic E-state index is -1.28. The summed E-state index contributed by atoms with van der Waals surface area (Å²) in [5.74, 6) is -3.76. The Labute approximate surface area is 225 Å². The van der Waals surface area contributed by atoms with Crippen LogP contribution < -0.4 is 21.7 Å². The van der Waals surface area contributed by atoms with E-state index in [2.05, 4.69) is 30.9 Å². The lowest BCUT2D eigenvalue weighted by Gasteiger charge is -2.26. The lowest BCUT2D eigenvalue weighted by molar-refractivity contribution is -0.143. The number of H-pyrrole nitrogens is 2. The number of imidazole rings is 1. The third kappa shape index (κ3) is 7.65. The average molecular weight is 542 g/mol. The summed E-state index contributed by atoms with van der Waals surface area (Å²) in [7, 11) is 0. The second-order valence-corrected chi connectivity index (χ2v) is 9.80. The molecular formula is C26H35N7O6. The van der Waals surface area contributed by atoms with E-state index in [0.29, 0.717) is 5.69 Å². The van der Waals surface area contributed by atoms with Crippen molar-refractivity contribution in [1.82, 2.24) is 30.9 Å². The molecule has 13 heteroatoms. The van der Waals surface area contributed by atoms with Crippen molar-refractivity contribution in [2.75, 3.05) is 0 Å². The van der Waals surface area contributed by atoms with Gasteiger partial charge in [0, 0.05) is 41.8 Å². The maximum atomic E-state index is 13.5. The van der Waals surface area contributed by atoms with Crippen LogP contribution in [0.3, 0.4) is 0 Å². The minimum absolute atomic E-state index is 0.00469. The number of carboxylic acid groups (broad SMARTS) is 1. The molecule has 1 aromatic carbocycles. The van der Waals surface area contributed by atoms with E-state index in [1.807, 2.05) is 24.3 Å². The van der Waals surface area contributed by atoms with E-state index in [9.17, 15) is 29.4 Å². The van der Waals surface area contributed by atoms with Crippen LogP contribution >= 0.6 is 0 Å². The number of fused-ring (bicyclic) bond motifs is 1. The van der Waals surface area contributed by atoms with Crippen molar-refractivity contribution in [3.05, 3.63) is 54.2 Å². The van der Waals surface area contributed by atoms with Crippen molar-refractivity contribution in [1.29, 1.82) is 0 Å². The standard InChI is InChI=1S/C26H35N7O6/c1-13(2)22(26(38)39)33-24(36)19(8-15-10-29-18-7-5-4-6-17(15)18)31-23(35)20(9-16-11-28-12-30-16)32-25(37)21(27)14(3)34/h4-7,10-14,19-22,29,34H,8-9,27H2,1-3H3,(H,28,30)(H,31,35)(H,32,37)(H,33,36)(H,38,39). The van der Waals surface area contributed by atoms with Crippen LogP contribution in [-0.4, -0.2) is 79.1 Å². The summed E-state index contributed by atoms with van der Waals surface area (Å²) < 4.78 is 0. The molecule has 210 valence electrons. The van der Waals surface area contributed by atoms with Gasteiger partial charge in [0.05, 0.1) is 12.4 Å². The van der Waals surface area contributed by atoms with Crippen LogP contribution in [0.4, 0.5) is 0 Å². The van der Waals surface area contributed by atoms with E-state index >= 15 is 0 Å². The van der Waals surface area contributed by atoms with E-state index in [1.165, 1.54) is 19.4 Å². The number of amides is 3. The molecular weight excluding hydrogens is 506 g/mol. The van der Waals surface area contributed by atoms with Crippen LogP contribution in [0.25, 0.3) is 10.9 Å². The Hall–Kier alpha value is -4.23. The number of para-hydroxylation sites is 1. The first-order valence-electron chi connectivity index (χ1n) is 12.6. The monoisotopic (exact) mass is 541 g/mol. The highest BCUT2D eigenvalue weighted by Crippen LogP contribution is 2.19. The zero-order valence-electron chi connectivity index (χ0n) is 22.0. The number of carbonyl (C=O) groups is 4. The number of nitrogens with one attached hydrogen (secondary N) is 5. The van der Waals surface area contributed by atoms with Crippen LogP contribution in [-0.2, 0) is 32.0 Å². The SMILES string of the molecule is CC(C)C(NC(=O)C(Cc1c[nH]c2ccccc12)NC(=O)C(Cc1cnc[nH]1)NC(=O)C(N)C(C)O)C(=O)O. The Kier molecular flexibility index (Phi) is 9.79. The fourth-order valence-electron chi connectivity index (χ4n) is 4.08. The lowest BCUT2D eigenvalue weighted by Crippen LogP contribution is -2.59. The molecule has 0 saturated heterocycles. The van der Waals surface area contributed by atoms with Crippen LogP contribution in [0.5, 0.6) is 0 Å². The van der Waals surface area contributed by atoms with Gasteiger partial charge in [0.2, 0.25) is 17.7 Å². The number of nitrogens with zero attached hydrogens (tertiary/aromatic N) is 1. The lowest BCUT2D eigenvalue weighted by atomic mass is 10.0. The number of benzene rings is 1. The maximum absolute atomic E-state index is 13.5. The summed E-state index contributed by atoms with van der Waals surface area (Å²) in [6.07, 6.45) is 3.50. The van der Waals surface area contributed by atoms with E-state index in [-0.39, 0.29) is 12.8 Å². The number of aliphatic hydroxyl groups excluding tert-OH is 1. The second-order valence-electron chi connectivity index (χ2n) is 9.80. The normalized spacial score (nSPS) is 15.2. The highest BCUT2D eigenvalue weighted by atomic mass is 16.4. The first kappa shape index (κ1) is 29.3. The Morgan fingerprint density at radius 2 is 1.59 bits per heavy atom. The van der Waals surface area contributed by atoms with Gasteiger partial charge in [0.1, 0.15) is 24.2 Å². The van der Waals surface area contributed by atoms with Gasteiger partial charge in [0.15, 0.2) is 0 Å². The molecule has 2 heterocycles. The van der Waals surface area contributed by atoms with Gasteiger partial charge in [-0.05, 0) is 24.5 Å². The molecule has 0 fully saturated rings. The van der Waals surface area contributed by atoms with Crippen molar-refractivity contribution in [2.45, 2.75) is 63.9 Å². The Morgan fingerprint density at radius 1 is 0.949 bits per heavy atom. The first-order valence-corrected chi connectivity index (χ1v) is 12.6. The molecule has 3 amide bonds. The molecule has 2 aromatic heterocycles. The number of aromatic amines is 2. The average Bonchev–Trinajstić information content (AvgIpc) is 3.55. The highest BCUT2D eigenvalue weighted by Gasteiger charge is 2.32. The van der Waals surface area contributed by atoms with E-state index in [0.717, 1.165) is 16.5 Å². The number of carbonyl (C=O) groups excluding carboxylic acids is 3. The van der Waals surface area contributed by atoms with Crippen molar-refractivity contribution in [2.24, 2.45) is 11.7 Å². The molecule has 0 aliphatic rings. The van der Waals surface area contributed by atoms with Crippen LogP contribution in [0.15, 0.2) is 43.0 Å². The predicted octanol–water partition coefficient (Wildman–Crippen LogP) is -0.421. The first-order chi connectivity index (χ1) is 18.5. The molecule has 5 unspecified atom stereocenters.